The van der Waals surface area contributed by atoms with Crippen molar-refractivity contribution in [3.63, 3.8) is 0 Å². The number of methoxy groups -OCH3 is 1. The number of nitrogens with one attached hydrogen (secondary N) is 1. The zero-order valence-corrected chi connectivity index (χ0v) is 14.6. The van der Waals surface area contributed by atoms with Crippen molar-refractivity contribution >= 4 is 17.7 Å². The minimum Gasteiger partial charge on any atom is -0.493 e. The van der Waals surface area contributed by atoms with Crippen LogP contribution in [0.1, 0.15) is 31.1 Å². The predicted octanol–water partition coefficient (Wildman–Crippen LogP) is 2.32. The third-order valence-corrected chi connectivity index (χ3v) is 4.35. The summed E-state index contributed by atoms with van der Waals surface area (Å²) in [6.07, 6.45) is 1.94. The number of hydrogen-bond donors (Lipinski definition) is 2. The molecule has 22 heavy (non-hydrogen) atoms. The fraction of sp³-hybridized carbons (Fsp3) is 0.562. The van der Waals surface area contributed by atoms with E-state index in [4.69, 9.17) is 9.47 Å². The maximum Gasteiger partial charge on any atom is 0.251 e. The van der Waals surface area contributed by atoms with Crippen molar-refractivity contribution in [1.29, 1.82) is 0 Å². The molecule has 2 atom stereocenters. The number of amides is 1. The molecule has 0 aliphatic carbocycles. The molecular formula is C16H25NO4S. The largest absolute Gasteiger partial charge is 0.493 e. The fourth-order valence-corrected chi connectivity index (χ4v) is 2.61. The van der Waals surface area contributed by atoms with Crippen LogP contribution in [0.25, 0.3) is 0 Å². The highest BCUT2D eigenvalue weighted by atomic mass is 32.2. The highest BCUT2D eigenvalue weighted by Crippen LogP contribution is 2.29. The van der Waals surface area contributed by atoms with Gasteiger partial charge >= 0.3 is 0 Å². The maximum absolute atomic E-state index is 12.3. The number of rotatable bonds is 8. The van der Waals surface area contributed by atoms with Crippen LogP contribution in [0.4, 0.5) is 0 Å². The van der Waals surface area contributed by atoms with E-state index in [1.807, 2.05) is 27.0 Å². The number of carbonyl (C=O) groups excluding carboxylic acids is 1. The molecule has 0 saturated carbocycles. The van der Waals surface area contributed by atoms with Crippen LogP contribution in [0.5, 0.6) is 11.5 Å². The third kappa shape index (κ3) is 5.10. The van der Waals surface area contributed by atoms with Gasteiger partial charge in [0.1, 0.15) is 0 Å². The number of benzene rings is 1. The molecule has 0 fully saturated rings. The topological polar surface area (TPSA) is 67.8 Å². The summed E-state index contributed by atoms with van der Waals surface area (Å²) in [6.45, 7) is 5.76. The van der Waals surface area contributed by atoms with Crippen LogP contribution in [-0.2, 0) is 0 Å². The molecule has 0 aromatic heterocycles. The van der Waals surface area contributed by atoms with Crippen molar-refractivity contribution in [3.8, 4) is 11.5 Å². The summed E-state index contributed by atoms with van der Waals surface area (Å²) in [7, 11) is 1.54. The van der Waals surface area contributed by atoms with Gasteiger partial charge in [-0.15, -0.1) is 0 Å². The Balaban J connectivity index is 2.86. The second-order valence-electron chi connectivity index (χ2n) is 5.25. The van der Waals surface area contributed by atoms with Crippen LogP contribution >= 0.6 is 11.8 Å². The van der Waals surface area contributed by atoms with Crippen molar-refractivity contribution < 1.29 is 19.4 Å². The summed E-state index contributed by atoms with van der Waals surface area (Å²) < 4.78 is 10.9. The number of thioether (sulfide) groups is 1. The Bertz CT molecular complexity index is 489. The lowest BCUT2D eigenvalue weighted by atomic mass is 10.1. The van der Waals surface area contributed by atoms with E-state index in [0.29, 0.717) is 17.1 Å². The van der Waals surface area contributed by atoms with Crippen LogP contribution in [-0.4, -0.2) is 48.4 Å². The molecule has 2 unspecified atom stereocenters. The highest BCUT2D eigenvalue weighted by molar-refractivity contribution is 7.99. The lowest BCUT2D eigenvalue weighted by Gasteiger charge is -2.21. The Morgan fingerprint density at radius 3 is 2.50 bits per heavy atom. The van der Waals surface area contributed by atoms with Gasteiger partial charge in [-0.3, -0.25) is 4.79 Å². The molecule has 0 spiro atoms. The molecule has 2 N–H and O–H groups in total. The number of aliphatic hydroxyl groups excluding tert-OH is 1. The van der Waals surface area contributed by atoms with Gasteiger partial charge in [0.05, 0.1) is 19.8 Å². The fourth-order valence-electron chi connectivity index (χ4n) is 1.98. The molecular weight excluding hydrogens is 302 g/mol. The minimum absolute atomic E-state index is 0.0209. The van der Waals surface area contributed by atoms with Gasteiger partial charge < -0.3 is 19.9 Å². The lowest BCUT2D eigenvalue weighted by molar-refractivity contribution is 0.0935. The van der Waals surface area contributed by atoms with Crippen LogP contribution in [0, 0.1) is 0 Å². The van der Waals surface area contributed by atoms with E-state index < -0.39 is 0 Å². The Morgan fingerprint density at radius 1 is 1.32 bits per heavy atom. The van der Waals surface area contributed by atoms with E-state index in [9.17, 15) is 9.90 Å². The van der Waals surface area contributed by atoms with Crippen molar-refractivity contribution in [2.75, 3.05) is 20.0 Å². The third-order valence-electron chi connectivity index (χ3n) is 3.19. The Hall–Kier alpha value is -1.40. The van der Waals surface area contributed by atoms with Gasteiger partial charge in [0, 0.05) is 16.9 Å². The van der Waals surface area contributed by atoms with Crippen molar-refractivity contribution in [2.24, 2.45) is 0 Å². The summed E-state index contributed by atoms with van der Waals surface area (Å²) in [5, 5.41) is 12.1. The summed E-state index contributed by atoms with van der Waals surface area (Å²) in [4.78, 5) is 12.3. The highest BCUT2D eigenvalue weighted by Gasteiger charge is 2.19. The molecule has 124 valence electrons. The van der Waals surface area contributed by atoms with E-state index in [1.54, 1.807) is 25.3 Å². The van der Waals surface area contributed by atoms with Crippen LogP contribution in [0.3, 0.4) is 0 Å². The van der Waals surface area contributed by atoms with E-state index in [1.165, 1.54) is 11.8 Å². The lowest BCUT2D eigenvalue weighted by Crippen LogP contribution is -2.41. The number of hydrogen-bond acceptors (Lipinski definition) is 5. The number of carbonyl (C=O) groups is 1. The monoisotopic (exact) mass is 327 g/mol. The standard InChI is InChI=1S/C16H25NO4S/c1-10(2)21-13-7-6-12(8-14(13)20-4)16(19)17-11(3)15(9-18)22-5/h6-8,10-11,15,18H,9H2,1-5H3,(H,17,19). The smallest absolute Gasteiger partial charge is 0.251 e. The normalized spacial score (nSPS) is 13.6. The quantitative estimate of drug-likeness (QED) is 0.767. The van der Waals surface area contributed by atoms with Gasteiger partial charge in [-0.25, -0.2) is 0 Å². The van der Waals surface area contributed by atoms with Gasteiger partial charge in [0.2, 0.25) is 0 Å². The van der Waals surface area contributed by atoms with Crippen LogP contribution < -0.4 is 14.8 Å². The Kier molecular flexibility index (Phi) is 7.55. The molecule has 1 amide bonds. The van der Waals surface area contributed by atoms with Crippen molar-refractivity contribution in [1.82, 2.24) is 5.32 Å². The zero-order chi connectivity index (χ0) is 16.7. The predicted molar refractivity (Wildman–Crippen MR) is 90.1 cm³/mol. The van der Waals surface area contributed by atoms with Crippen LogP contribution in [0.2, 0.25) is 0 Å². The van der Waals surface area contributed by atoms with E-state index in [2.05, 4.69) is 5.32 Å². The van der Waals surface area contributed by atoms with E-state index >= 15 is 0 Å². The second kappa shape index (κ2) is 8.90. The number of ether oxygens (including phenoxy) is 2. The molecule has 0 bridgehead atoms. The Labute approximate surface area is 136 Å². The first-order chi connectivity index (χ1) is 10.4. The molecule has 0 heterocycles. The second-order valence-corrected chi connectivity index (χ2v) is 6.33. The molecule has 0 radical (unpaired) electrons. The van der Waals surface area contributed by atoms with Crippen molar-refractivity contribution in [3.05, 3.63) is 23.8 Å². The van der Waals surface area contributed by atoms with Gasteiger partial charge in [-0.1, -0.05) is 0 Å². The average molecular weight is 327 g/mol. The van der Waals surface area contributed by atoms with Crippen LogP contribution in [0.15, 0.2) is 18.2 Å². The van der Waals surface area contributed by atoms with Gasteiger partial charge in [-0.05, 0) is 45.2 Å². The van der Waals surface area contributed by atoms with Gasteiger partial charge in [0.25, 0.3) is 5.91 Å². The zero-order valence-electron chi connectivity index (χ0n) is 13.8. The van der Waals surface area contributed by atoms with Crippen molar-refractivity contribution in [2.45, 2.75) is 38.2 Å². The first-order valence-corrected chi connectivity index (χ1v) is 8.50. The van der Waals surface area contributed by atoms with Gasteiger partial charge in [0.15, 0.2) is 11.5 Å². The molecule has 5 nitrogen and oxygen atoms in total. The summed E-state index contributed by atoms with van der Waals surface area (Å²) in [6, 6.07) is 4.96. The minimum atomic E-state index is -0.200. The first-order valence-electron chi connectivity index (χ1n) is 7.22. The SMILES string of the molecule is COc1cc(C(=O)NC(C)C(CO)SC)ccc1OC(C)C. The molecule has 1 aromatic carbocycles. The maximum atomic E-state index is 12.3. The summed E-state index contributed by atoms with van der Waals surface area (Å²) in [5.41, 5.74) is 0.498. The average Bonchev–Trinajstić information content (AvgIpc) is 2.48. The Morgan fingerprint density at radius 2 is 2.00 bits per heavy atom. The molecule has 1 aromatic rings. The molecule has 1 rings (SSSR count). The number of aliphatic hydroxyl groups is 1. The molecule has 0 aliphatic heterocycles. The van der Waals surface area contributed by atoms with Gasteiger partial charge in [-0.2, -0.15) is 11.8 Å². The molecule has 0 saturated heterocycles. The summed E-state index contributed by atoms with van der Waals surface area (Å²) in [5.74, 6) is 0.937. The molecule has 6 heteroatoms. The summed E-state index contributed by atoms with van der Waals surface area (Å²) >= 11 is 1.52. The first kappa shape index (κ1) is 18.6. The van der Waals surface area contributed by atoms with E-state index in [-0.39, 0.29) is 29.9 Å². The van der Waals surface area contributed by atoms with E-state index in [0.717, 1.165) is 0 Å². The molecule has 0 aliphatic rings.